The SMILES string of the molecule is FC1CC1.N#Cc1cc(-c2ccnc(NC=O)c2)ccc1OC1CCN(C(=O)CO)CC1F. The Hall–Kier alpha value is -3.58. The Morgan fingerprint density at radius 3 is 2.61 bits per heavy atom. The summed E-state index contributed by atoms with van der Waals surface area (Å²) in [6.45, 7) is -0.543. The first-order valence-corrected chi connectivity index (χ1v) is 10.5. The molecule has 1 aromatic heterocycles. The predicted octanol–water partition coefficient (Wildman–Crippen LogP) is 2.62. The summed E-state index contributed by atoms with van der Waals surface area (Å²) >= 11 is 0. The Balaban J connectivity index is 0.000000690. The second kappa shape index (κ2) is 11.3. The molecule has 0 radical (unpaired) electrons. The third kappa shape index (κ3) is 6.70. The van der Waals surface area contributed by atoms with Crippen LogP contribution in [0.1, 0.15) is 24.8 Å². The molecule has 0 spiro atoms. The Labute approximate surface area is 189 Å². The van der Waals surface area contributed by atoms with E-state index < -0.39 is 31.0 Å². The quantitative estimate of drug-likeness (QED) is 0.643. The number of rotatable bonds is 6. The van der Waals surface area contributed by atoms with Crippen LogP contribution in [0, 0.1) is 11.3 Å². The molecule has 2 fully saturated rings. The molecule has 2 heterocycles. The maximum Gasteiger partial charge on any atom is 0.248 e. The van der Waals surface area contributed by atoms with E-state index in [1.165, 1.54) is 11.1 Å². The van der Waals surface area contributed by atoms with Crippen LogP contribution in [0.25, 0.3) is 11.1 Å². The number of nitriles is 1. The highest BCUT2D eigenvalue weighted by atomic mass is 19.1. The summed E-state index contributed by atoms with van der Waals surface area (Å²) in [6.07, 6.45) is 1.32. The lowest BCUT2D eigenvalue weighted by Crippen LogP contribution is -2.50. The van der Waals surface area contributed by atoms with Gasteiger partial charge in [0.25, 0.3) is 0 Å². The molecule has 2 aliphatic rings. The zero-order valence-electron chi connectivity index (χ0n) is 17.8. The van der Waals surface area contributed by atoms with Crippen LogP contribution in [0.5, 0.6) is 5.75 Å². The largest absolute Gasteiger partial charge is 0.486 e. The van der Waals surface area contributed by atoms with Gasteiger partial charge in [-0.2, -0.15) is 5.26 Å². The molecule has 2 aromatic rings. The first-order chi connectivity index (χ1) is 15.9. The predicted molar refractivity (Wildman–Crippen MR) is 116 cm³/mol. The van der Waals surface area contributed by atoms with Crippen molar-refractivity contribution in [3.63, 3.8) is 0 Å². The van der Waals surface area contributed by atoms with Crippen molar-refractivity contribution in [2.24, 2.45) is 0 Å². The van der Waals surface area contributed by atoms with Gasteiger partial charge in [0.1, 0.15) is 36.5 Å². The van der Waals surface area contributed by atoms with Crippen LogP contribution in [0.2, 0.25) is 0 Å². The number of carbonyl (C=O) groups excluding carboxylic acids is 2. The summed E-state index contributed by atoms with van der Waals surface area (Å²) in [5.74, 6) is 0.112. The molecule has 2 N–H and O–H groups in total. The molecule has 10 heteroatoms. The van der Waals surface area contributed by atoms with Crippen molar-refractivity contribution < 1.29 is 28.2 Å². The Morgan fingerprint density at radius 2 is 2.00 bits per heavy atom. The van der Waals surface area contributed by atoms with Gasteiger partial charge in [0.05, 0.1) is 12.1 Å². The summed E-state index contributed by atoms with van der Waals surface area (Å²) < 4.78 is 31.3. The lowest BCUT2D eigenvalue weighted by molar-refractivity contribution is -0.138. The molecular weight excluding hydrogens is 434 g/mol. The van der Waals surface area contributed by atoms with E-state index in [-0.39, 0.29) is 30.8 Å². The van der Waals surface area contributed by atoms with Crippen LogP contribution < -0.4 is 10.1 Å². The number of benzene rings is 1. The van der Waals surface area contributed by atoms with Gasteiger partial charge in [-0.3, -0.25) is 9.59 Å². The first-order valence-electron chi connectivity index (χ1n) is 10.5. The van der Waals surface area contributed by atoms with Gasteiger partial charge in [-0.15, -0.1) is 0 Å². The van der Waals surface area contributed by atoms with Crippen molar-refractivity contribution in [3.05, 3.63) is 42.1 Å². The minimum Gasteiger partial charge on any atom is -0.486 e. The number of hydrogen-bond acceptors (Lipinski definition) is 6. The van der Waals surface area contributed by atoms with E-state index in [1.807, 2.05) is 0 Å². The molecule has 2 amide bonds. The molecule has 0 bridgehead atoms. The smallest absolute Gasteiger partial charge is 0.248 e. The van der Waals surface area contributed by atoms with Crippen LogP contribution in [-0.2, 0) is 9.59 Å². The van der Waals surface area contributed by atoms with Gasteiger partial charge in [0, 0.05) is 19.2 Å². The van der Waals surface area contributed by atoms with Gasteiger partial charge < -0.3 is 20.1 Å². The highest BCUT2D eigenvalue weighted by Gasteiger charge is 2.33. The third-order valence-corrected chi connectivity index (χ3v) is 5.16. The highest BCUT2D eigenvalue weighted by molar-refractivity contribution is 5.77. The highest BCUT2D eigenvalue weighted by Crippen LogP contribution is 2.30. The van der Waals surface area contributed by atoms with Gasteiger partial charge in [0.15, 0.2) is 6.17 Å². The number of ether oxygens (including phenoxy) is 1. The topological polar surface area (TPSA) is 116 Å². The van der Waals surface area contributed by atoms with Crippen molar-refractivity contribution in [2.45, 2.75) is 37.7 Å². The summed E-state index contributed by atoms with van der Waals surface area (Å²) in [5.41, 5.74) is 1.70. The number of hydrogen-bond donors (Lipinski definition) is 2. The first kappa shape index (κ1) is 24.1. The van der Waals surface area contributed by atoms with Crippen LogP contribution in [-0.4, -0.2) is 65.5 Å². The lowest BCUT2D eigenvalue weighted by atomic mass is 10.0. The molecule has 4 rings (SSSR count). The number of amides is 2. The fraction of sp³-hybridized carbons (Fsp3) is 0.391. The molecule has 1 aromatic carbocycles. The number of likely N-dealkylation sites (tertiary alicyclic amines) is 1. The molecule has 1 aliphatic carbocycles. The van der Waals surface area contributed by atoms with E-state index in [2.05, 4.69) is 16.4 Å². The van der Waals surface area contributed by atoms with Gasteiger partial charge >= 0.3 is 0 Å². The van der Waals surface area contributed by atoms with Crippen molar-refractivity contribution in [2.75, 3.05) is 25.0 Å². The molecule has 1 saturated carbocycles. The number of piperidine rings is 1. The van der Waals surface area contributed by atoms with Gasteiger partial charge in [-0.25, -0.2) is 13.8 Å². The Kier molecular flexibility index (Phi) is 8.27. The average Bonchev–Trinajstić information content (AvgIpc) is 3.62. The molecule has 174 valence electrons. The number of aliphatic hydroxyl groups excluding tert-OH is 1. The standard InChI is InChI=1S/C20H19FN4O4.C3H5F/c21-16-10-25(20(28)11-26)6-4-18(16)29-17-2-1-13(7-15(17)9-22)14-3-5-23-19(8-14)24-12-27;4-3-1-2-3/h1-3,5,7-8,12,16,18,26H,4,6,10-11H2,(H,23,24,27);3H,1-2H2. The van der Waals surface area contributed by atoms with Crippen LogP contribution in [0.3, 0.4) is 0 Å². The average molecular weight is 458 g/mol. The number of nitrogens with zero attached hydrogens (tertiary/aromatic N) is 3. The Bertz CT molecular complexity index is 1030. The van der Waals surface area contributed by atoms with E-state index in [4.69, 9.17) is 9.84 Å². The van der Waals surface area contributed by atoms with Crippen LogP contribution in [0.15, 0.2) is 36.5 Å². The molecule has 1 saturated heterocycles. The van der Waals surface area contributed by atoms with Crippen LogP contribution in [0.4, 0.5) is 14.6 Å². The monoisotopic (exact) mass is 458 g/mol. The number of alkyl halides is 2. The van der Waals surface area contributed by atoms with Gasteiger partial charge in [-0.1, -0.05) is 6.07 Å². The van der Waals surface area contributed by atoms with E-state index in [0.29, 0.717) is 17.8 Å². The summed E-state index contributed by atoms with van der Waals surface area (Å²) in [5, 5.41) is 20.9. The van der Waals surface area contributed by atoms with Crippen molar-refractivity contribution >= 4 is 18.1 Å². The minimum atomic E-state index is -1.43. The van der Waals surface area contributed by atoms with E-state index in [9.17, 15) is 23.6 Å². The van der Waals surface area contributed by atoms with E-state index in [0.717, 1.165) is 18.4 Å². The second-order valence-corrected chi connectivity index (χ2v) is 7.65. The summed E-state index contributed by atoms with van der Waals surface area (Å²) in [4.78, 5) is 27.4. The number of aliphatic hydroxyl groups is 1. The molecule has 33 heavy (non-hydrogen) atoms. The number of pyridine rings is 1. The van der Waals surface area contributed by atoms with Gasteiger partial charge in [0.2, 0.25) is 12.3 Å². The lowest BCUT2D eigenvalue weighted by Gasteiger charge is -2.34. The zero-order chi connectivity index (χ0) is 23.8. The third-order valence-electron chi connectivity index (χ3n) is 5.16. The fourth-order valence-electron chi connectivity index (χ4n) is 3.22. The molecule has 8 nitrogen and oxygen atoms in total. The van der Waals surface area contributed by atoms with Gasteiger partial charge in [-0.05, 0) is 48.2 Å². The molecule has 1 aliphatic heterocycles. The van der Waals surface area contributed by atoms with Crippen molar-refractivity contribution in [1.29, 1.82) is 5.26 Å². The fourth-order valence-corrected chi connectivity index (χ4v) is 3.22. The number of halogens is 2. The summed E-state index contributed by atoms with van der Waals surface area (Å²) in [6, 6.07) is 10.4. The molecular formula is C23H24F2N4O4. The molecule has 2 unspecified atom stereocenters. The van der Waals surface area contributed by atoms with E-state index >= 15 is 0 Å². The number of aromatic nitrogens is 1. The minimum absolute atomic E-state index is 0.159. The normalized spacial score (nSPS) is 19.5. The maximum atomic E-state index is 14.5. The van der Waals surface area contributed by atoms with Crippen molar-refractivity contribution in [3.8, 4) is 22.9 Å². The Morgan fingerprint density at radius 1 is 1.27 bits per heavy atom. The van der Waals surface area contributed by atoms with Crippen LogP contribution >= 0.6 is 0 Å². The number of nitrogens with one attached hydrogen (secondary N) is 1. The number of anilines is 1. The summed E-state index contributed by atoms with van der Waals surface area (Å²) in [7, 11) is 0. The number of carbonyl (C=O) groups is 2. The molecule has 2 atom stereocenters. The maximum absolute atomic E-state index is 14.5. The second-order valence-electron chi connectivity index (χ2n) is 7.65. The zero-order valence-corrected chi connectivity index (χ0v) is 17.8. The van der Waals surface area contributed by atoms with E-state index in [1.54, 1.807) is 30.3 Å². The van der Waals surface area contributed by atoms with Crippen molar-refractivity contribution in [1.82, 2.24) is 9.88 Å².